The summed E-state index contributed by atoms with van der Waals surface area (Å²) in [7, 11) is 0. The van der Waals surface area contributed by atoms with Gasteiger partial charge in [-0.2, -0.15) is 0 Å². The minimum atomic E-state index is -0.504. The van der Waals surface area contributed by atoms with Crippen LogP contribution < -0.4 is 10.1 Å². The third-order valence-corrected chi connectivity index (χ3v) is 4.57. The molecule has 0 saturated heterocycles. The molecule has 0 atom stereocenters. The molecule has 0 bridgehead atoms. The predicted octanol–water partition coefficient (Wildman–Crippen LogP) is 3.95. The van der Waals surface area contributed by atoms with E-state index < -0.39 is 5.41 Å². The lowest BCUT2D eigenvalue weighted by Crippen LogP contribution is -2.23. The second kappa shape index (κ2) is 7.79. The maximum atomic E-state index is 12.1. The summed E-state index contributed by atoms with van der Waals surface area (Å²) in [5, 5.41) is 3.38. The van der Waals surface area contributed by atoms with Gasteiger partial charge in [-0.3, -0.25) is 9.59 Å². The van der Waals surface area contributed by atoms with Crippen LogP contribution in [-0.2, 0) is 19.7 Å². The molecular weight excluding hydrogens is 354 g/mol. The minimum Gasteiger partial charge on any atom is -0.484 e. The van der Waals surface area contributed by atoms with Gasteiger partial charge in [-0.25, -0.2) is 0 Å². The van der Waals surface area contributed by atoms with Crippen molar-refractivity contribution in [1.82, 2.24) is 0 Å². The number of halogens is 1. The molecule has 6 heteroatoms. The summed E-state index contributed by atoms with van der Waals surface area (Å²) in [5.74, 6) is 0.136. The Kier molecular flexibility index (Phi) is 5.47. The first-order valence-electron chi connectivity index (χ1n) is 8.49. The monoisotopic (exact) mass is 373 g/mol. The highest BCUT2D eigenvalue weighted by atomic mass is 35.5. The van der Waals surface area contributed by atoms with Crippen molar-refractivity contribution in [3.05, 3.63) is 59.1 Å². The van der Waals surface area contributed by atoms with Crippen molar-refractivity contribution in [3.63, 3.8) is 0 Å². The van der Waals surface area contributed by atoms with Gasteiger partial charge in [0.2, 0.25) is 0 Å². The predicted molar refractivity (Wildman–Crippen MR) is 99.6 cm³/mol. The summed E-state index contributed by atoms with van der Waals surface area (Å²) >= 11 is 5.80. The smallest absolute Gasteiger partial charge is 0.316 e. The lowest BCUT2D eigenvalue weighted by atomic mass is 9.96. The van der Waals surface area contributed by atoms with E-state index in [0.29, 0.717) is 23.1 Å². The molecule has 2 aromatic rings. The van der Waals surface area contributed by atoms with Crippen molar-refractivity contribution >= 4 is 29.2 Å². The van der Waals surface area contributed by atoms with Crippen LogP contribution in [0.1, 0.15) is 25.3 Å². The van der Waals surface area contributed by atoms with Gasteiger partial charge in [-0.1, -0.05) is 23.7 Å². The summed E-state index contributed by atoms with van der Waals surface area (Å²) in [5.41, 5.74) is 1.07. The van der Waals surface area contributed by atoms with Crippen LogP contribution in [0, 0.1) is 0 Å². The van der Waals surface area contributed by atoms with Crippen molar-refractivity contribution in [1.29, 1.82) is 0 Å². The quantitative estimate of drug-likeness (QED) is 0.746. The SMILES string of the molecule is CCOC(=O)C1(c2ccc(NC(=O)COc3ccc(Cl)cc3)cc2)CC1. The first-order valence-corrected chi connectivity index (χ1v) is 8.87. The van der Waals surface area contributed by atoms with Crippen LogP contribution in [0.4, 0.5) is 5.69 Å². The van der Waals surface area contributed by atoms with Gasteiger partial charge in [0.1, 0.15) is 5.75 Å². The summed E-state index contributed by atoms with van der Waals surface area (Å²) in [6.07, 6.45) is 1.60. The van der Waals surface area contributed by atoms with Crippen LogP contribution in [0.3, 0.4) is 0 Å². The Balaban J connectivity index is 1.55. The van der Waals surface area contributed by atoms with Crippen molar-refractivity contribution in [2.45, 2.75) is 25.2 Å². The fraction of sp³-hybridized carbons (Fsp3) is 0.300. The number of esters is 1. The average Bonchev–Trinajstić information content (AvgIpc) is 3.44. The zero-order valence-corrected chi connectivity index (χ0v) is 15.2. The van der Waals surface area contributed by atoms with E-state index in [4.69, 9.17) is 21.1 Å². The summed E-state index contributed by atoms with van der Waals surface area (Å²) in [4.78, 5) is 24.1. The molecule has 0 radical (unpaired) electrons. The number of carbonyl (C=O) groups is 2. The van der Waals surface area contributed by atoms with Crippen LogP contribution in [0.15, 0.2) is 48.5 Å². The van der Waals surface area contributed by atoms with Gasteiger partial charge in [0, 0.05) is 10.7 Å². The lowest BCUT2D eigenvalue weighted by molar-refractivity contribution is -0.146. The van der Waals surface area contributed by atoms with Crippen LogP contribution in [0.25, 0.3) is 0 Å². The Labute approximate surface area is 157 Å². The van der Waals surface area contributed by atoms with E-state index in [1.54, 1.807) is 43.3 Å². The van der Waals surface area contributed by atoms with Gasteiger partial charge in [0.25, 0.3) is 5.91 Å². The number of anilines is 1. The van der Waals surface area contributed by atoms with E-state index >= 15 is 0 Å². The largest absolute Gasteiger partial charge is 0.484 e. The fourth-order valence-electron chi connectivity index (χ4n) is 2.75. The van der Waals surface area contributed by atoms with Gasteiger partial charge in [0.05, 0.1) is 12.0 Å². The molecule has 0 aromatic heterocycles. The molecule has 0 aliphatic heterocycles. The summed E-state index contributed by atoms with van der Waals surface area (Å²) in [6, 6.07) is 14.1. The van der Waals surface area contributed by atoms with Gasteiger partial charge in [-0.15, -0.1) is 0 Å². The number of benzene rings is 2. The Bertz CT molecular complexity index is 782. The van der Waals surface area contributed by atoms with Gasteiger partial charge in [-0.05, 0) is 61.7 Å². The molecule has 1 fully saturated rings. The summed E-state index contributed by atoms with van der Waals surface area (Å²) < 4.78 is 10.6. The molecule has 26 heavy (non-hydrogen) atoms. The first-order chi connectivity index (χ1) is 12.5. The maximum absolute atomic E-state index is 12.1. The standard InChI is InChI=1S/C20H20ClNO4/c1-2-25-19(24)20(11-12-20)14-3-7-16(8-4-14)22-18(23)13-26-17-9-5-15(21)6-10-17/h3-10H,2,11-13H2,1H3,(H,22,23). The molecule has 3 rings (SSSR count). The van der Waals surface area contributed by atoms with E-state index in [-0.39, 0.29) is 18.5 Å². The topological polar surface area (TPSA) is 64.6 Å². The van der Waals surface area contributed by atoms with Crippen molar-refractivity contribution in [2.75, 3.05) is 18.5 Å². The van der Waals surface area contributed by atoms with E-state index in [0.717, 1.165) is 18.4 Å². The second-order valence-corrected chi connectivity index (χ2v) is 6.61. The second-order valence-electron chi connectivity index (χ2n) is 6.17. The number of ether oxygens (including phenoxy) is 2. The number of hydrogen-bond donors (Lipinski definition) is 1. The van der Waals surface area contributed by atoms with Crippen molar-refractivity contribution in [2.24, 2.45) is 0 Å². The molecule has 1 aliphatic rings. The highest BCUT2D eigenvalue weighted by molar-refractivity contribution is 6.30. The lowest BCUT2D eigenvalue weighted by Gasteiger charge is -2.15. The highest BCUT2D eigenvalue weighted by Gasteiger charge is 2.52. The van der Waals surface area contributed by atoms with Gasteiger partial charge in [0.15, 0.2) is 6.61 Å². The molecule has 0 heterocycles. The molecule has 1 N–H and O–H groups in total. The van der Waals surface area contributed by atoms with Crippen molar-refractivity contribution in [3.8, 4) is 5.75 Å². The Morgan fingerprint density at radius 1 is 1.08 bits per heavy atom. The zero-order valence-electron chi connectivity index (χ0n) is 14.5. The number of nitrogens with one attached hydrogen (secondary N) is 1. The molecule has 136 valence electrons. The number of hydrogen-bond acceptors (Lipinski definition) is 4. The minimum absolute atomic E-state index is 0.101. The molecule has 0 spiro atoms. The molecule has 1 aliphatic carbocycles. The third-order valence-electron chi connectivity index (χ3n) is 4.32. The van der Waals surface area contributed by atoms with Crippen LogP contribution >= 0.6 is 11.6 Å². The average molecular weight is 374 g/mol. The van der Waals surface area contributed by atoms with E-state index in [1.165, 1.54) is 0 Å². The van der Waals surface area contributed by atoms with Crippen LogP contribution in [-0.4, -0.2) is 25.1 Å². The summed E-state index contributed by atoms with van der Waals surface area (Å²) in [6.45, 7) is 2.08. The maximum Gasteiger partial charge on any atom is 0.316 e. The highest BCUT2D eigenvalue weighted by Crippen LogP contribution is 2.49. The molecule has 0 unspecified atom stereocenters. The van der Waals surface area contributed by atoms with E-state index in [9.17, 15) is 9.59 Å². The molecule has 1 saturated carbocycles. The van der Waals surface area contributed by atoms with Crippen LogP contribution in [0.5, 0.6) is 5.75 Å². The third kappa shape index (κ3) is 4.17. The number of rotatable bonds is 7. The van der Waals surface area contributed by atoms with E-state index in [1.807, 2.05) is 12.1 Å². The van der Waals surface area contributed by atoms with Crippen LogP contribution in [0.2, 0.25) is 5.02 Å². The zero-order chi connectivity index (χ0) is 18.6. The first kappa shape index (κ1) is 18.3. The van der Waals surface area contributed by atoms with Gasteiger partial charge >= 0.3 is 5.97 Å². The fourth-order valence-corrected chi connectivity index (χ4v) is 2.88. The normalized spacial score (nSPS) is 14.4. The Hall–Kier alpha value is -2.53. The van der Waals surface area contributed by atoms with Gasteiger partial charge < -0.3 is 14.8 Å². The number of carbonyl (C=O) groups excluding carboxylic acids is 2. The molecule has 5 nitrogen and oxygen atoms in total. The molecule has 2 aromatic carbocycles. The number of amides is 1. The molecule has 1 amide bonds. The van der Waals surface area contributed by atoms with Crippen molar-refractivity contribution < 1.29 is 19.1 Å². The molecular formula is C20H20ClNO4. The Morgan fingerprint density at radius 2 is 1.73 bits per heavy atom. The Morgan fingerprint density at radius 3 is 2.31 bits per heavy atom. The van der Waals surface area contributed by atoms with E-state index in [2.05, 4.69) is 5.32 Å².